The number of aliphatic imine (C=N–C) groups is 2. The van der Waals surface area contributed by atoms with Crippen LogP contribution in [0.1, 0.15) is 13.3 Å². The molecule has 1 atom stereocenters. The Morgan fingerprint density at radius 2 is 2.23 bits per heavy atom. The van der Waals surface area contributed by atoms with E-state index in [4.69, 9.17) is 0 Å². The smallest absolute Gasteiger partial charge is 0.211 e. The Hall–Kier alpha value is -1.76. The Morgan fingerprint density at radius 1 is 1.46 bits per heavy atom. The summed E-state index contributed by atoms with van der Waals surface area (Å²) in [5.41, 5.74) is 1.44. The molecule has 0 N–H and O–H groups in total. The minimum atomic E-state index is -0.242. The fourth-order valence-electron chi connectivity index (χ4n) is 1.12. The molecule has 0 bridgehead atoms. The summed E-state index contributed by atoms with van der Waals surface area (Å²) in [6, 6.07) is -0.242. The molecule has 0 fully saturated rings. The number of hydrogen-bond acceptors (Lipinski definition) is 4. The number of allylic oxidation sites excluding steroid dienone is 1. The zero-order chi connectivity index (χ0) is 9.68. The van der Waals surface area contributed by atoms with Crippen LogP contribution in [0.3, 0.4) is 0 Å². The van der Waals surface area contributed by atoms with Crippen molar-refractivity contribution in [2.45, 2.75) is 19.4 Å². The van der Waals surface area contributed by atoms with Gasteiger partial charge in [-0.25, -0.2) is 9.59 Å². The molecule has 13 heavy (non-hydrogen) atoms. The minimum absolute atomic E-state index is 0.242. The molecule has 66 valence electrons. The third kappa shape index (κ3) is 2.34. The largest absolute Gasteiger partial charge is 0.240 e. The molecule has 1 unspecified atom stereocenters. The maximum absolute atomic E-state index is 10.0. The van der Waals surface area contributed by atoms with E-state index in [0.29, 0.717) is 12.1 Å². The topological polar surface area (TPSA) is 58.9 Å². The summed E-state index contributed by atoms with van der Waals surface area (Å²) < 4.78 is 0. The van der Waals surface area contributed by atoms with Crippen LogP contribution in [-0.4, -0.2) is 18.2 Å². The molecule has 1 rings (SSSR count). The number of nitrogens with zero attached hydrogens (tertiary/aromatic N) is 2. The third-order valence-corrected chi connectivity index (χ3v) is 1.80. The summed E-state index contributed by atoms with van der Waals surface area (Å²) in [5, 5.41) is 0. The molecule has 0 aromatic rings. The quantitative estimate of drug-likeness (QED) is 0.469. The van der Waals surface area contributed by atoms with Gasteiger partial charge >= 0.3 is 0 Å². The van der Waals surface area contributed by atoms with Crippen molar-refractivity contribution in [3.8, 4) is 0 Å². The average Bonchev–Trinajstić information content (AvgIpc) is 2.12. The predicted octanol–water partition coefficient (Wildman–Crippen LogP) is 1.26. The highest BCUT2D eigenvalue weighted by Gasteiger charge is 2.11. The molecule has 0 heterocycles. The third-order valence-electron chi connectivity index (χ3n) is 1.80. The van der Waals surface area contributed by atoms with E-state index in [2.05, 4.69) is 9.98 Å². The molecule has 1 aliphatic carbocycles. The fraction of sp³-hybridized carbons (Fsp3) is 0.333. The Kier molecular flexibility index (Phi) is 3.09. The van der Waals surface area contributed by atoms with E-state index in [-0.39, 0.29) is 6.04 Å². The summed E-state index contributed by atoms with van der Waals surface area (Å²) in [5.74, 6) is 0. The van der Waals surface area contributed by atoms with Crippen LogP contribution in [0, 0.1) is 0 Å². The first-order valence-electron chi connectivity index (χ1n) is 3.81. The van der Waals surface area contributed by atoms with Crippen LogP contribution in [0.25, 0.3) is 0 Å². The van der Waals surface area contributed by atoms with E-state index in [9.17, 15) is 9.59 Å². The van der Waals surface area contributed by atoms with Gasteiger partial charge in [-0.15, -0.1) is 0 Å². The second-order valence-corrected chi connectivity index (χ2v) is 2.67. The van der Waals surface area contributed by atoms with Crippen LogP contribution in [0.15, 0.2) is 33.4 Å². The van der Waals surface area contributed by atoms with E-state index < -0.39 is 0 Å². The van der Waals surface area contributed by atoms with Gasteiger partial charge in [-0.3, -0.25) is 0 Å². The summed E-state index contributed by atoms with van der Waals surface area (Å²) >= 11 is 0. The maximum Gasteiger partial charge on any atom is 0.240 e. The summed E-state index contributed by atoms with van der Waals surface area (Å²) in [6.07, 6.45) is 7.12. The Labute approximate surface area is 75.4 Å². The summed E-state index contributed by atoms with van der Waals surface area (Å²) in [4.78, 5) is 27.0. The van der Waals surface area contributed by atoms with Gasteiger partial charge in [0, 0.05) is 0 Å². The number of carbonyl (C=O) groups excluding carboxylic acids is 2. The first-order valence-corrected chi connectivity index (χ1v) is 3.81. The number of hydrogen-bond donors (Lipinski definition) is 0. The van der Waals surface area contributed by atoms with E-state index in [0.717, 1.165) is 5.57 Å². The monoisotopic (exact) mass is 176 g/mol. The number of rotatable bonds is 2. The molecule has 4 nitrogen and oxygen atoms in total. The van der Waals surface area contributed by atoms with Gasteiger partial charge in [0.1, 0.15) is 0 Å². The van der Waals surface area contributed by atoms with Gasteiger partial charge in [-0.2, -0.15) is 9.98 Å². The molecular weight excluding hydrogens is 168 g/mol. The van der Waals surface area contributed by atoms with E-state index >= 15 is 0 Å². The Bertz CT molecular complexity index is 356. The second-order valence-electron chi connectivity index (χ2n) is 2.67. The van der Waals surface area contributed by atoms with Crippen molar-refractivity contribution in [3.63, 3.8) is 0 Å². The zero-order valence-electron chi connectivity index (χ0n) is 7.15. The standard InChI is InChI=1S/C9H8N2O2/c1-7-2-3-8(10-5-12)4-9(7)11-6-13/h2,4,8H,3H2,1H3. The van der Waals surface area contributed by atoms with Gasteiger partial charge in [0.05, 0.1) is 11.7 Å². The first kappa shape index (κ1) is 9.33. The van der Waals surface area contributed by atoms with Gasteiger partial charge < -0.3 is 0 Å². The minimum Gasteiger partial charge on any atom is -0.211 e. The van der Waals surface area contributed by atoms with Gasteiger partial charge in [0.2, 0.25) is 12.2 Å². The fourth-order valence-corrected chi connectivity index (χ4v) is 1.12. The summed E-state index contributed by atoms with van der Waals surface area (Å²) in [7, 11) is 0. The van der Waals surface area contributed by atoms with Gasteiger partial charge in [-0.05, 0) is 25.0 Å². The van der Waals surface area contributed by atoms with Crippen molar-refractivity contribution in [2.75, 3.05) is 0 Å². The van der Waals surface area contributed by atoms with Crippen molar-refractivity contribution >= 4 is 12.2 Å². The lowest BCUT2D eigenvalue weighted by atomic mass is 10.0. The van der Waals surface area contributed by atoms with Crippen LogP contribution in [0.4, 0.5) is 0 Å². The predicted molar refractivity (Wildman–Crippen MR) is 46.5 cm³/mol. The first-order chi connectivity index (χ1) is 6.27. The molecule has 0 saturated heterocycles. The van der Waals surface area contributed by atoms with Crippen molar-refractivity contribution in [2.24, 2.45) is 9.98 Å². The van der Waals surface area contributed by atoms with Crippen molar-refractivity contribution in [3.05, 3.63) is 23.4 Å². The van der Waals surface area contributed by atoms with Crippen LogP contribution in [0.2, 0.25) is 0 Å². The van der Waals surface area contributed by atoms with Crippen molar-refractivity contribution < 1.29 is 9.59 Å². The molecule has 0 aromatic heterocycles. The van der Waals surface area contributed by atoms with Crippen molar-refractivity contribution in [1.29, 1.82) is 0 Å². The highest BCUT2D eigenvalue weighted by atomic mass is 16.1. The highest BCUT2D eigenvalue weighted by Crippen LogP contribution is 2.20. The van der Waals surface area contributed by atoms with Gasteiger partial charge in [0.15, 0.2) is 0 Å². The van der Waals surface area contributed by atoms with Crippen molar-refractivity contribution in [1.82, 2.24) is 0 Å². The van der Waals surface area contributed by atoms with E-state index in [1.807, 2.05) is 13.0 Å². The number of isocyanates is 2. The Morgan fingerprint density at radius 3 is 2.85 bits per heavy atom. The molecule has 1 aliphatic rings. The lowest BCUT2D eigenvalue weighted by Crippen LogP contribution is -2.05. The molecule has 0 radical (unpaired) electrons. The van der Waals surface area contributed by atoms with Crippen LogP contribution < -0.4 is 0 Å². The van der Waals surface area contributed by atoms with E-state index in [1.54, 1.807) is 6.08 Å². The molecule has 0 aromatic carbocycles. The zero-order valence-corrected chi connectivity index (χ0v) is 7.15. The average molecular weight is 176 g/mol. The molecular formula is C9H8N2O2. The summed E-state index contributed by atoms with van der Waals surface area (Å²) in [6.45, 7) is 1.84. The molecule has 4 heteroatoms. The molecule has 0 saturated carbocycles. The SMILES string of the molecule is CC1=CCC(N=C=O)C=C1N=C=O. The normalized spacial score (nSPS) is 20.5. The highest BCUT2D eigenvalue weighted by molar-refractivity contribution is 5.45. The lowest BCUT2D eigenvalue weighted by Gasteiger charge is -2.11. The van der Waals surface area contributed by atoms with Gasteiger partial charge in [-0.1, -0.05) is 6.08 Å². The van der Waals surface area contributed by atoms with Gasteiger partial charge in [0.25, 0.3) is 0 Å². The molecule has 0 amide bonds. The lowest BCUT2D eigenvalue weighted by molar-refractivity contribution is 0.560. The molecule has 0 spiro atoms. The van der Waals surface area contributed by atoms with E-state index in [1.165, 1.54) is 12.2 Å². The Balaban J connectivity index is 2.93. The second kappa shape index (κ2) is 4.31. The molecule has 0 aliphatic heterocycles. The van der Waals surface area contributed by atoms with Crippen LogP contribution in [0.5, 0.6) is 0 Å². The van der Waals surface area contributed by atoms with Crippen LogP contribution in [-0.2, 0) is 9.59 Å². The maximum atomic E-state index is 10.0. The van der Waals surface area contributed by atoms with Crippen LogP contribution >= 0.6 is 0 Å².